The van der Waals surface area contributed by atoms with Gasteiger partial charge in [-0.05, 0) is 37.7 Å². The minimum Gasteiger partial charge on any atom is -0.388 e. The fraction of sp³-hybridized carbons (Fsp3) is 0.474. The Morgan fingerprint density at radius 1 is 1.33 bits per heavy atom. The second kappa shape index (κ2) is 5.74. The first-order valence-corrected chi connectivity index (χ1v) is 8.65. The molecule has 1 saturated heterocycles. The zero-order valence-corrected chi connectivity index (χ0v) is 14.0. The Morgan fingerprint density at radius 2 is 2.08 bits per heavy atom. The Labute approximate surface area is 141 Å². The van der Waals surface area contributed by atoms with Crippen molar-refractivity contribution in [1.29, 1.82) is 0 Å². The summed E-state index contributed by atoms with van der Waals surface area (Å²) in [4.78, 5) is 14.3. The first kappa shape index (κ1) is 15.4. The molecule has 2 fully saturated rings. The van der Waals surface area contributed by atoms with Gasteiger partial charge >= 0.3 is 0 Å². The summed E-state index contributed by atoms with van der Waals surface area (Å²) in [6.07, 6.45) is 4.83. The summed E-state index contributed by atoms with van der Waals surface area (Å²) >= 11 is 0. The van der Waals surface area contributed by atoms with E-state index in [1.807, 2.05) is 43.5 Å². The number of aliphatic hydroxyl groups is 1. The summed E-state index contributed by atoms with van der Waals surface area (Å²) in [7, 11) is 0. The first-order valence-electron chi connectivity index (χ1n) is 8.65. The molecule has 0 radical (unpaired) electrons. The molecule has 5 heteroatoms. The highest BCUT2D eigenvalue weighted by Gasteiger charge is 2.48. The van der Waals surface area contributed by atoms with E-state index < -0.39 is 5.60 Å². The molecule has 1 amide bonds. The second-order valence-corrected chi connectivity index (χ2v) is 7.13. The quantitative estimate of drug-likeness (QED) is 0.938. The van der Waals surface area contributed by atoms with E-state index in [9.17, 15) is 9.90 Å². The van der Waals surface area contributed by atoms with Crippen LogP contribution < -0.4 is 0 Å². The van der Waals surface area contributed by atoms with Gasteiger partial charge in [0, 0.05) is 24.8 Å². The van der Waals surface area contributed by atoms with Crippen LogP contribution in [0.1, 0.15) is 25.0 Å². The molecule has 1 aromatic carbocycles. The van der Waals surface area contributed by atoms with Gasteiger partial charge in [-0.1, -0.05) is 30.3 Å². The molecular weight excluding hydrogens is 302 g/mol. The highest BCUT2D eigenvalue weighted by atomic mass is 16.3. The largest absolute Gasteiger partial charge is 0.388 e. The lowest BCUT2D eigenvalue weighted by molar-refractivity contribution is -0.132. The average molecular weight is 325 g/mol. The highest BCUT2D eigenvalue weighted by molar-refractivity contribution is 5.76. The topological polar surface area (TPSA) is 58.4 Å². The van der Waals surface area contributed by atoms with Gasteiger partial charge in [0.15, 0.2) is 0 Å². The smallest absolute Gasteiger partial charge is 0.244 e. The number of carbonyl (C=O) groups excluding carboxylic acids is 1. The Morgan fingerprint density at radius 3 is 2.79 bits per heavy atom. The average Bonchev–Trinajstić information content (AvgIpc) is 3.28. The summed E-state index contributed by atoms with van der Waals surface area (Å²) in [5, 5.41) is 15.1. The number of carbonyl (C=O) groups is 1. The number of nitrogens with zero attached hydrogens (tertiary/aromatic N) is 3. The molecule has 2 aromatic rings. The SMILES string of the molecule is Cc1nn(CC(=O)N2CCC(O)(C3CC3)C2)cc1-c1ccccc1. The van der Waals surface area contributed by atoms with Gasteiger partial charge in [-0.25, -0.2) is 0 Å². The van der Waals surface area contributed by atoms with Gasteiger partial charge in [0.05, 0.1) is 11.3 Å². The number of benzene rings is 1. The lowest BCUT2D eigenvalue weighted by Crippen LogP contribution is -2.39. The number of aromatic nitrogens is 2. The molecular formula is C19H23N3O2. The molecule has 0 bridgehead atoms. The Bertz CT molecular complexity index is 751. The molecule has 1 unspecified atom stereocenters. The molecule has 126 valence electrons. The van der Waals surface area contributed by atoms with Crippen molar-refractivity contribution in [2.75, 3.05) is 13.1 Å². The van der Waals surface area contributed by atoms with Crippen LogP contribution in [0.5, 0.6) is 0 Å². The predicted molar refractivity (Wildman–Crippen MR) is 91.3 cm³/mol. The zero-order valence-electron chi connectivity index (χ0n) is 14.0. The molecule has 5 nitrogen and oxygen atoms in total. The molecule has 4 rings (SSSR count). The third-order valence-corrected chi connectivity index (χ3v) is 5.30. The van der Waals surface area contributed by atoms with E-state index in [0.29, 0.717) is 25.4 Å². The lowest BCUT2D eigenvalue weighted by atomic mass is 9.97. The summed E-state index contributed by atoms with van der Waals surface area (Å²) < 4.78 is 1.72. The number of hydrogen-bond acceptors (Lipinski definition) is 3. The molecule has 2 heterocycles. The van der Waals surface area contributed by atoms with Crippen molar-refractivity contribution in [2.45, 2.75) is 38.3 Å². The Balaban J connectivity index is 1.45. The fourth-order valence-electron chi connectivity index (χ4n) is 3.72. The summed E-state index contributed by atoms with van der Waals surface area (Å²) in [5.41, 5.74) is 2.44. The van der Waals surface area contributed by atoms with Gasteiger partial charge in [0.25, 0.3) is 0 Å². The molecule has 2 aliphatic rings. The van der Waals surface area contributed by atoms with E-state index in [0.717, 1.165) is 29.7 Å². The maximum Gasteiger partial charge on any atom is 0.244 e. The van der Waals surface area contributed by atoms with Gasteiger partial charge in [0.1, 0.15) is 6.54 Å². The summed E-state index contributed by atoms with van der Waals surface area (Å²) in [6.45, 7) is 3.32. The molecule has 1 saturated carbocycles. The Kier molecular flexibility index (Phi) is 3.68. The normalized spacial score (nSPS) is 23.7. The fourth-order valence-corrected chi connectivity index (χ4v) is 3.72. The van der Waals surface area contributed by atoms with E-state index >= 15 is 0 Å². The van der Waals surface area contributed by atoms with Crippen LogP contribution in [0, 0.1) is 12.8 Å². The molecule has 1 N–H and O–H groups in total. The van der Waals surface area contributed by atoms with Crippen LogP contribution in [0.25, 0.3) is 11.1 Å². The monoisotopic (exact) mass is 325 g/mol. The van der Waals surface area contributed by atoms with Crippen molar-refractivity contribution < 1.29 is 9.90 Å². The van der Waals surface area contributed by atoms with Crippen LogP contribution in [0.2, 0.25) is 0 Å². The van der Waals surface area contributed by atoms with Crippen LogP contribution in [-0.2, 0) is 11.3 Å². The van der Waals surface area contributed by atoms with Crippen molar-refractivity contribution in [3.8, 4) is 11.1 Å². The molecule has 0 spiro atoms. The van der Waals surface area contributed by atoms with Crippen LogP contribution in [0.4, 0.5) is 0 Å². The number of likely N-dealkylation sites (tertiary alicyclic amines) is 1. The second-order valence-electron chi connectivity index (χ2n) is 7.13. The number of hydrogen-bond donors (Lipinski definition) is 1. The molecule has 1 aromatic heterocycles. The third-order valence-electron chi connectivity index (χ3n) is 5.30. The van der Waals surface area contributed by atoms with Crippen molar-refractivity contribution in [3.63, 3.8) is 0 Å². The summed E-state index contributed by atoms with van der Waals surface area (Å²) in [5.74, 6) is 0.431. The number of amides is 1. The van der Waals surface area contributed by atoms with Crippen LogP contribution in [0.15, 0.2) is 36.5 Å². The number of aryl methyl sites for hydroxylation is 1. The first-order chi connectivity index (χ1) is 11.5. The van der Waals surface area contributed by atoms with Crippen molar-refractivity contribution in [1.82, 2.24) is 14.7 Å². The Hall–Kier alpha value is -2.14. The third kappa shape index (κ3) is 2.84. The van der Waals surface area contributed by atoms with Crippen LogP contribution in [0.3, 0.4) is 0 Å². The number of β-amino-alcohol motifs (C(OH)–C–C–N with tert-alkyl or cyclic N) is 1. The van der Waals surface area contributed by atoms with E-state index in [2.05, 4.69) is 5.10 Å². The van der Waals surface area contributed by atoms with E-state index in [1.54, 1.807) is 9.58 Å². The van der Waals surface area contributed by atoms with Crippen molar-refractivity contribution in [2.24, 2.45) is 5.92 Å². The van der Waals surface area contributed by atoms with Gasteiger partial charge in [-0.3, -0.25) is 9.48 Å². The standard InChI is InChI=1S/C19H23N3O2/c1-14-17(15-5-3-2-4-6-15)11-22(20-14)12-18(23)21-10-9-19(24,13-21)16-7-8-16/h2-6,11,16,24H,7-10,12-13H2,1H3. The van der Waals surface area contributed by atoms with E-state index in [-0.39, 0.29) is 12.5 Å². The van der Waals surface area contributed by atoms with Crippen molar-refractivity contribution in [3.05, 3.63) is 42.2 Å². The predicted octanol–water partition coefficient (Wildman–Crippen LogP) is 2.23. The molecule has 1 aliphatic heterocycles. The minimum absolute atomic E-state index is 0.0358. The number of rotatable bonds is 4. The van der Waals surface area contributed by atoms with Crippen LogP contribution >= 0.6 is 0 Å². The molecule has 1 aliphatic carbocycles. The minimum atomic E-state index is -0.648. The van der Waals surface area contributed by atoms with Gasteiger partial charge in [0.2, 0.25) is 5.91 Å². The lowest BCUT2D eigenvalue weighted by Gasteiger charge is -2.23. The summed E-state index contributed by atoms with van der Waals surface area (Å²) in [6, 6.07) is 10.1. The van der Waals surface area contributed by atoms with E-state index in [4.69, 9.17) is 0 Å². The highest BCUT2D eigenvalue weighted by Crippen LogP contribution is 2.44. The molecule has 1 atom stereocenters. The van der Waals surface area contributed by atoms with Gasteiger partial charge in [-0.15, -0.1) is 0 Å². The van der Waals surface area contributed by atoms with Crippen molar-refractivity contribution >= 4 is 5.91 Å². The van der Waals surface area contributed by atoms with E-state index in [1.165, 1.54) is 0 Å². The molecule has 24 heavy (non-hydrogen) atoms. The zero-order chi connectivity index (χ0) is 16.7. The van der Waals surface area contributed by atoms with Gasteiger partial charge < -0.3 is 10.0 Å². The maximum absolute atomic E-state index is 12.6. The maximum atomic E-state index is 12.6. The van der Waals surface area contributed by atoms with Crippen LogP contribution in [-0.4, -0.2) is 44.4 Å². The van der Waals surface area contributed by atoms with Gasteiger partial charge in [-0.2, -0.15) is 5.10 Å².